The van der Waals surface area contributed by atoms with Crippen LogP contribution in [0.1, 0.15) is 26.1 Å². The molecule has 0 fully saturated rings. The number of nitrogens with zero attached hydrogens (tertiary/aromatic N) is 1. The van der Waals surface area contributed by atoms with Gasteiger partial charge >= 0.3 is 5.69 Å². The summed E-state index contributed by atoms with van der Waals surface area (Å²) in [5, 5.41) is 2.36. The van der Waals surface area contributed by atoms with Gasteiger partial charge in [0.2, 0.25) is 0 Å². The third-order valence-electron chi connectivity index (χ3n) is 6.09. The average molecular weight is 479 g/mol. The first-order valence-electron chi connectivity index (χ1n) is 11.2. The highest BCUT2D eigenvalue weighted by Crippen LogP contribution is 2.38. The van der Waals surface area contributed by atoms with E-state index >= 15 is 0 Å². The molecular formula is C26H30N2O3SSi. The second-order valence-corrected chi connectivity index (χ2v) is 14.8. The highest BCUT2D eigenvalue weighted by atomic mass is 32.2. The van der Waals surface area contributed by atoms with Crippen LogP contribution in [0.25, 0.3) is 0 Å². The van der Waals surface area contributed by atoms with E-state index in [9.17, 15) is 9.59 Å². The molecule has 0 saturated heterocycles. The lowest BCUT2D eigenvalue weighted by molar-refractivity contribution is 0.268. The molecule has 1 N–H and O–H groups in total. The molecule has 4 rings (SSSR count). The summed E-state index contributed by atoms with van der Waals surface area (Å²) < 4.78 is 8.60. The third kappa shape index (κ3) is 4.85. The predicted molar refractivity (Wildman–Crippen MR) is 139 cm³/mol. The lowest BCUT2D eigenvalue weighted by atomic mass is 10.2. The Bertz CT molecular complexity index is 1180. The van der Waals surface area contributed by atoms with E-state index in [1.807, 2.05) is 6.08 Å². The molecule has 0 radical (unpaired) electrons. The van der Waals surface area contributed by atoms with Gasteiger partial charge in [-0.3, -0.25) is 14.3 Å². The average Bonchev–Trinajstić information content (AvgIpc) is 2.81. The molecule has 0 saturated carbocycles. The van der Waals surface area contributed by atoms with Crippen LogP contribution in [-0.4, -0.2) is 30.2 Å². The highest BCUT2D eigenvalue weighted by Gasteiger charge is 2.50. The van der Waals surface area contributed by atoms with E-state index < -0.39 is 8.32 Å². The Morgan fingerprint density at radius 2 is 1.58 bits per heavy atom. The Kier molecular flexibility index (Phi) is 6.93. The highest BCUT2D eigenvalue weighted by molar-refractivity contribution is 7.99. The van der Waals surface area contributed by atoms with Crippen LogP contribution in [0.5, 0.6) is 0 Å². The van der Waals surface area contributed by atoms with Crippen molar-refractivity contribution >= 4 is 30.5 Å². The van der Waals surface area contributed by atoms with Gasteiger partial charge < -0.3 is 4.43 Å². The number of rotatable bonds is 6. The number of thioether (sulfide) groups is 1. The molecule has 2 heterocycles. The van der Waals surface area contributed by atoms with Gasteiger partial charge in [-0.1, -0.05) is 93.6 Å². The van der Waals surface area contributed by atoms with Crippen LogP contribution in [0.3, 0.4) is 0 Å². The fourth-order valence-electron chi connectivity index (χ4n) is 4.48. The van der Waals surface area contributed by atoms with Crippen LogP contribution in [-0.2, 0) is 4.43 Å². The van der Waals surface area contributed by atoms with E-state index in [1.54, 1.807) is 22.5 Å². The smallest absolute Gasteiger partial charge is 0.329 e. The molecule has 1 aliphatic rings. The molecule has 0 amide bonds. The third-order valence-corrected chi connectivity index (χ3v) is 12.4. The molecule has 0 aliphatic carbocycles. The van der Waals surface area contributed by atoms with Gasteiger partial charge in [-0.25, -0.2) is 4.79 Å². The standard InChI is InChI=1S/C26H30N2O3SSi/c1-26(2,3)33(21-10-6-4-7-11-21,22-12-8-5-9-13-22)31-18-20-14-15-24(32-19-20)28-17-16-23(29)27-25(28)30/h4-17,20,24H,18-19H2,1-3H3,(H,27,29,30)/t20-,24-/m1/s1. The zero-order valence-electron chi connectivity index (χ0n) is 19.2. The van der Waals surface area contributed by atoms with Gasteiger partial charge in [-0.05, 0) is 15.4 Å². The van der Waals surface area contributed by atoms with Crippen molar-refractivity contribution in [3.8, 4) is 0 Å². The fourth-order valence-corrected chi connectivity index (χ4v) is 10.3. The van der Waals surface area contributed by atoms with E-state index in [-0.39, 0.29) is 27.6 Å². The lowest BCUT2D eigenvalue weighted by Crippen LogP contribution is -2.67. The Morgan fingerprint density at radius 3 is 2.06 bits per heavy atom. The van der Waals surface area contributed by atoms with Gasteiger partial charge in [0.1, 0.15) is 5.37 Å². The summed E-state index contributed by atoms with van der Waals surface area (Å²) in [5.74, 6) is 1.08. The minimum atomic E-state index is -2.57. The van der Waals surface area contributed by atoms with E-state index in [0.29, 0.717) is 6.61 Å². The number of H-pyrrole nitrogens is 1. The summed E-state index contributed by atoms with van der Waals surface area (Å²) in [6, 6.07) is 22.7. The van der Waals surface area contributed by atoms with E-state index in [4.69, 9.17) is 4.43 Å². The number of aromatic nitrogens is 2. The van der Waals surface area contributed by atoms with Crippen LogP contribution >= 0.6 is 11.8 Å². The molecule has 2 atom stereocenters. The van der Waals surface area contributed by atoms with Crippen molar-refractivity contribution in [3.63, 3.8) is 0 Å². The fraction of sp³-hybridized carbons (Fsp3) is 0.308. The normalized spacial score (nSPS) is 18.9. The van der Waals surface area contributed by atoms with Gasteiger partial charge in [0.15, 0.2) is 0 Å². The SMILES string of the molecule is CC(C)(C)[Si](OC[C@H]1C=C[C@H](n2ccc(=O)[nH]c2=O)SC1)(c1ccccc1)c1ccccc1. The van der Waals surface area contributed by atoms with Crippen molar-refractivity contribution in [2.24, 2.45) is 5.92 Å². The minimum absolute atomic E-state index is 0.0625. The molecule has 2 aromatic carbocycles. The second kappa shape index (κ2) is 9.71. The van der Waals surface area contributed by atoms with E-state index in [2.05, 4.69) is 92.5 Å². The van der Waals surface area contributed by atoms with Gasteiger partial charge in [0.25, 0.3) is 13.9 Å². The molecule has 7 heteroatoms. The molecular weight excluding hydrogens is 448 g/mol. The summed E-state index contributed by atoms with van der Waals surface area (Å²) in [5.41, 5.74) is -0.760. The first-order chi connectivity index (χ1) is 15.8. The van der Waals surface area contributed by atoms with Crippen molar-refractivity contribution in [2.75, 3.05) is 12.4 Å². The Labute approximate surface area is 199 Å². The summed E-state index contributed by atoms with van der Waals surface area (Å²) >= 11 is 1.68. The zero-order valence-corrected chi connectivity index (χ0v) is 21.0. The Balaban J connectivity index is 1.61. The maximum Gasteiger partial charge on any atom is 0.329 e. The van der Waals surface area contributed by atoms with Crippen molar-refractivity contribution in [3.05, 3.63) is 106 Å². The van der Waals surface area contributed by atoms with Gasteiger partial charge in [0, 0.05) is 30.5 Å². The van der Waals surface area contributed by atoms with Crippen LogP contribution in [0.15, 0.2) is 94.7 Å². The Hall–Kier alpha value is -2.61. The molecule has 33 heavy (non-hydrogen) atoms. The zero-order chi connectivity index (χ0) is 23.5. The lowest BCUT2D eigenvalue weighted by Gasteiger charge is -2.43. The maximum atomic E-state index is 12.1. The molecule has 3 aromatic rings. The van der Waals surface area contributed by atoms with Crippen LogP contribution in [0.4, 0.5) is 0 Å². The van der Waals surface area contributed by atoms with Gasteiger partial charge in [0.05, 0.1) is 0 Å². The predicted octanol–water partition coefficient (Wildman–Crippen LogP) is 3.53. The molecule has 0 spiro atoms. The molecule has 1 aliphatic heterocycles. The first-order valence-corrected chi connectivity index (χ1v) is 14.1. The molecule has 0 unspecified atom stereocenters. The Morgan fingerprint density at radius 1 is 0.970 bits per heavy atom. The number of benzene rings is 2. The van der Waals surface area contributed by atoms with Crippen molar-refractivity contribution in [1.29, 1.82) is 0 Å². The topological polar surface area (TPSA) is 64.1 Å². The summed E-state index contributed by atoms with van der Waals surface area (Å²) in [4.78, 5) is 25.8. The number of hydrogen-bond donors (Lipinski definition) is 1. The first kappa shape index (κ1) is 23.5. The van der Waals surface area contributed by atoms with E-state index in [0.717, 1.165) is 5.75 Å². The van der Waals surface area contributed by atoms with E-state index in [1.165, 1.54) is 16.4 Å². The van der Waals surface area contributed by atoms with Crippen LogP contribution < -0.4 is 21.6 Å². The van der Waals surface area contributed by atoms with Crippen LogP contribution in [0.2, 0.25) is 5.04 Å². The number of hydrogen-bond acceptors (Lipinski definition) is 4. The molecule has 172 valence electrons. The van der Waals surface area contributed by atoms with Crippen molar-refractivity contribution < 1.29 is 4.43 Å². The minimum Gasteiger partial charge on any atom is -0.407 e. The maximum absolute atomic E-state index is 12.1. The monoisotopic (exact) mass is 478 g/mol. The molecule has 1 aromatic heterocycles. The van der Waals surface area contributed by atoms with Gasteiger partial charge in [-0.2, -0.15) is 0 Å². The van der Waals surface area contributed by atoms with Crippen molar-refractivity contribution in [2.45, 2.75) is 31.2 Å². The van der Waals surface area contributed by atoms with Gasteiger partial charge in [-0.15, -0.1) is 11.8 Å². The second-order valence-electron chi connectivity index (χ2n) is 9.36. The largest absolute Gasteiger partial charge is 0.407 e. The number of aromatic amines is 1. The molecule has 0 bridgehead atoms. The summed E-state index contributed by atoms with van der Waals surface area (Å²) in [6.07, 6.45) is 5.74. The number of nitrogens with one attached hydrogen (secondary N) is 1. The van der Waals surface area contributed by atoms with Crippen LogP contribution in [0, 0.1) is 5.92 Å². The summed E-state index contributed by atoms with van der Waals surface area (Å²) in [7, 11) is -2.57. The van der Waals surface area contributed by atoms with Crippen molar-refractivity contribution in [1.82, 2.24) is 9.55 Å². The molecule has 5 nitrogen and oxygen atoms in total. The summed E-state index contributed by atoms with van der Waals surface area (Å²) in [6.45, 7) is 7.46. The quantitative estimate of drug-likeness (QED) is 0.435.